The van der Waals surface area contributed by atoms with E-state index in [0.717, 1.165) is 17.3 Å². The van der Waals surface area contributed by atoms with Crippen molar-refractivity contribution < 1.29 is 24.0 Å². The Morgan fingerprint density at radius 3 is 2.14 bits per heavy atom. The van der Waals surface area contributed by atoms with Gasteiger partial charge in [-0.15, -0.1) is 0 Å². The van der Waals surface area contributed by atoms with Crippen molar-refractivity contribution >= 4 is 47.0 Å². The van der Waals surface area contributed by atoms with Crippen molar-refractivity contribution in [2.45, 2.75) is 26.7 Å². The molecule has 0 aliphatic rings. The van der Waals surface area contributed by atoms with Crippen LogP contribution in [0.25, 0.3) is 10.8 Å². The Morgan fingerprint density at radius 1 is 0.889 bits per heavy atom. The molecule has 4 amide bonds. The lowest BCUT2D eigenvalue weighted by Crippen LogP contribution is -2.47. The Labute approximate surface area is 216 Å². The van der Waals surface area contributed by atoms with Gasteiger partial charge >= 0.3 is 0 Å². The second-order valence-electron chi connectivity index (χ2n) is 8.35. The van der Waals surface area contributed by atoms with E-state index in [0.29, 0.717) is 18.2 Å². The van der Waals surface area contributed by atoms with E-state index in [1.165, 1.54) is 10.6 Å². The molecule has 0 aromatic heterocycles. The van der Waals surface area contributed by atoms with E-state index < -0.39 is 23.6 Å². The van der Waals surface area contributed by atoms with Gasteiger partial charge in [0.15, 0.2) is 5.75 Å². The van der Waals surface area contributed by atoms with Gasteiger partial charge < -0.3 is 26.1 Å². The smallest absolute Gasteiger partial charge is 0.274 e. The predicted octanol–water partition coefficient (Wildman–Crippen LogP) is 0.974. The summed E-state index contributed by atoms with van der Waals surface area (Å²) in [7, 11) is 0. The van der Waals surface area contributed by atoms with Crippen LogP contribution >= 0.6 is 12.6 Å². The molecule has 0 saturated carbocycles. The minimum absolute atomic E-state index is 0.0412. The van der Waals surface area contributed by atoms with Gasteiger partial charge in [0.1, 0.15) is 0 Å². The maximum absolute atomic E-state index is 12.8. The van der Waals surface area contributed by atoms with E-state index in [9.17, 15) is 19.2 Å². The second-order valence-corrected chi connectivity index (χ2v) is 8.67. The van der Waals surface area contributed by atoms with Gasteiger partial charge in [-0.2, -0.15) is 17.7 Å². The lowest BCUT2D eigenvalue weighted by molar-refractivity contribution is -0.156. The minimum Gasteiger partial charge on any atom is -0.377 e. The Morgan fingerprint density at radius 2 is 1.50 bits per heavy atom. The normalized spacial score (nSPS) is 10.7. The quantitative estimate of drug-likeness (QED) is 0.144. The largest absolute Gasteiger partial charge is 0.377 e. The Bertz CT molecular complexity index is 1060. The van der Waals surface area contributed by atoms with Crippen LogP contribution in [0.4, 0.5) is 0 Å². The Kier molecular flexibility index (Phi) is 12.0. The van der Waals surface area contributed by atoms with Gasteiger partial charge in [0.2, 0.25) is 17.7 Å². The average molecular weight is 518 g/mol. The summed E-state index contributed by atoms with van der Waals surface area (Å²) >= 11 is 3.79. The number of hydrogen-bond donors (Lipinski definition) is 5. The highest BCUT2D eigenvalue weighted by Gasteiger charge is 2.17. The van der Waals surface area contributed by atoms with Gasteiger partial charge in [-0.05, 0) is 40.9 Å². The van der Waals surface area contributed by atoms with Crippen LogP contribution in [0.3, 0.4) is 0 Å². The molecule has 2 aromatic carbocycles. The topological polar surface area (TPSA) is 129 Å². The third-order valence-electron chi connectivity index (χ3n) is 5.21. The van der Waals surface area contributed by atoms with Crippen molar-refractivity contribution in [2.75, 3.05) is 45.0 Å². The summed E-state index contributed by atoms with van der Waals surface area (Å²) in [5.74, 6) is -1.02. The molecule has 4 N–H and O–H groups in total. The monoisotopic (exact) mass is 517 g/mol. The Hall–Kier alpha value is -3.31. The number of hydrogen-bond acceptors (Lipinski definition) is 7. The number of carbonyl (C=O) groups excluding carboxylic acids is 4. The molecule has 2 rings (SSSR count). The first-order valence-corrected chi connectivity index (χ1v) is 12.5. The van der Waals surface area contributed by atoms with Crippen LogP contribution in [0.2, 0.25) is 0 Å². The highest BCUT2D eigenvalue weighted by atomic mass is 32.1. The lowest BCUT2D eigenvalue weighted by Gasteiger charge is -2.23. The van der Waals surface area contributed by atoms with Crippen LogP contribution in [0, 0.1) is 0 Å². The molecule has 0 atom stereocenters. The van der Waals surface area contributed by atoms with Crippen molar-refractivity contribution in [3.05, 3.63) is 42.0 Å². The van der Waals surface area contributed by atoms with Crippen molar-refractivity contribution in [3.8, 4) is 5.75 Å². The van der Waals surface area contributed by atoms with E-state index in [-0.39, 0.29) is 31.9 Å². The van der Waals surface area contributed by atoms with E-state index >= 15 is 0 Å². The highest BCUT2D eigenvalue weighted by molar-refractivity contribution is 7.81. The first-order valence-electron chi connectivity index (χ1n) is 11.9. The molecule has 0 radical (unpaired) electrons. The van der Waals surface area contributed by atoms with E-state index in [4.69, 9.17) is 4.84 Å². The zero-order chi connectivity index (χ0) is 26.5. The molecule has 11 heteroatoms. The summed E-state index contributed by atoms with van der Waals surface area (Å²) in [5.41, 5.74) is 1.24. The number of thiol groups is 1. The van der Waals surface area contributed by atoms with E-state index in [1.54, 1.807) is 6.07 Å². The molecule has 2 aromatic rings. The SMILES string of the molecule is CCNCCN(Oc1ccc2cc(C(C)C)ccc2c1)C(=O)CNC(=O)CNC(=O)CNC(=O)CS. The summed E-state index contributed by atoms with van der Waals surface area (Å²) in [6.45, 7) is 6.87. The van der Waals surface area contributed by atoms with Crippen LogP contribution in [0.1, 0.15) is 32.3 Å². The maximum Gasteiger partial charge on any atom is 0.274 e. The number of fused-ring (bicyclic) bond motifs is 1. The molecule has 0 unspecified atom stereocenters. The number of nitrogens with zero attached hydrogens (tertiary/aromatic N) is 1. The number of likely N-dealkylation sites (N-methyl/N-ethyl adjacent to an activating group) is 1. The van der Waals surface area contributed by atoms with Crippen LogP contribution in [-0.2, 0) is 19.2 Å². The van der Waals surface area contributed by atoms with Crippen LogP contribution < -0.4 is 26.1 Å². The molecule has 36 heavy (non-hydrogen) atoms. The third kappa shape index (κ3) is 9.74. The van der Waals surface area contributed by atoms with Crippen molar-refractivity contribution in [1.82, 2.24) is 26.3 Å². The zero-order valence-electron chi connectivity index (χ0n) is 20.9. The number of nitrogens with one attached hydrogen (secondary N) is 4. The first-order chi connectivity index (χ1) is 17.2. The van der Waals surface area contributed by atoms with Crippen LogP contribution in [0.15, 0.2) is 36.4 Å². The molecule has 0 spiro atoms. The summed E-state index contributed by atoms with van der Waals surface area (Å²) in [6.07, 6.45) is 0. The van der Waals surface area contributed by atoms with Gasteiger partial charge in [-0.25, -0.2) is 0 Å². The van der Waals surface area contributed by atoms with Crippen molar-refractivity contribution in [3.63, 3.8) is 0 Å². The molecule has 10 nitrogen and oxygen atoms in total. The standard InChI is InChI=1S/C25H35N5O5S/c1-4-26-9-10-30(25(34)15-29-23(32)13-27-22(31)14-28-24(33)16-36)35-21-8-7-19-11-18(17(2)3)5-6-20(19)12-21/h5-8,11-12,17,26,36H,4,9-10,13-16H2,1-3H3,(H,27,31)(H,28,33)(H,29,32). The van der Waals surface area contributed by atoms with Crippen LogP contribution in [0.5, 0.6) is 5.75 Å². The van der Waals surface area contributed by atoms with E-state index in [2.05, 4.69) is 59.9 Å². The molecule has 0 heterocycles. The lowest BCUT2D eigenvalue weighted by atomic mass is 9.99. The van der Waals surface area contributed by atoms with Gasteiger partial charge in [-0.3, -0.25) is 19.2 Å². The number of hydroxylamine groups is 2. The van der Waals surface area contributed by atoms with Crippen molar-refractivity contribution in [1.29, 1.82) is 0 Å². The fourth-order valence-electron chi connectivity index (χ4n) is 3.17. The highest BCUT2D eigenvalue weighted by Crippen LogP contribution is 2.25. The summed E-state index contributed by atoms with van der Waals surface area (Å²) in [4.78, 5) is 53.5. The summed E-state index contributed by atoms with van der Waals surface area (Å²) < 4.78 is 0. The minimum atomic E-state index is -0.546. The van der Waals surface area contributed by atoms with Gasteiger partial charge in [-0.1, -0.05) is 45.0 Å². The van der Waals surface area contributed by atoms with Crippen molar-refractivity contribution in [2.24, 2.45) is 0 Å². The molecule has 0 bridgehead atoms. The maximum atomic E-state index is 12.8. The van der Waals surface area contributed by atoms with Crippen LogP contribution in [-0.4, -0.2) is 73.7 Å². The van der Waals surface area contributed by atoms with E-state index in [1.807, 2.05) is 25.1 Å². The third-order valence-corrected chi connectivity index (χ3v) is 5.50. The van der Waals surface area contributed by atoms with Gasteiger partial charge in [0.25, 0.3) is 5.91 Å². The zero-order valence-corrected chi connectivity index (χ0v) is 21.8. The number of benzene rings is 2. The molecule has 0 aliphatic carbocycles. The number of carbonyl (C=O) groups is 4. The number of rotatable bonds is 14. The molecular formula is C25H35N5O5S. The molecule has 0 saturated heterocycles. The van der Waals surface area contributed by atoms with Gasteiger partial charge in [0.05, 0.1) is 31.9 Å². The predicted molar refractivity (Wildman–Crippen MR) is 142 cm³/mol. The first kappa shape index (κ1) is 28.9. The molecule has 196 valence electrons. The summed E-state index contributed by atoms with van der Waals surface area (Å²) in [5, 5.41) is 13.6. The second kappa shape index (κ2) is 14.9. The fourth-order valence-corrected chi connectivity index (χ4v) is 3.28. The average Bonchev–Trinajstić information content (AvgIpc) is 2.88. The summed E-state index contributed by atoms with van der Waals surface area (Å²) in [6, 6.07) is 11.9. The molecule has 0 fully saturated rings. The molecule has 0 aliphatic heterocycles. The fraction of sp³-hybridized carbons (Fsp3) is 0.440. The Balaban J connectivity index is 1.94. The van der Waals surface area contributed by atoms with Gasteiger partial charge in [0, 0.05) is 6.54 Å². The molecular weight excluding hydrogens is 482 g/mol. The number of amides is 4.